The molecule has 0 aliphatic heterocycles. The maximum atomic E-state index is 14.1. The molecule has 1 amide bonds. The van der Waals surface area contributed by atoms with Crippen molar-refractivity contribution in [3.05, 3.63) is 89.8 Å². The van der Waals surface area contributed by atoms with Crippen molar-refractivity contribution < 1.29 is 18.7 Å². The smallest absolute Gasteiger partial charge is 0.274 e. The number of nitrogens with one attached hydrogen (secondary N) is 1. The maximum absolute atomic E-state index is 14.1. The molecule has 0 bridgehead atoms. The van der Waals surface area contributed by atoms with Crippen molar-refractivity contribution in [2.24, 2.45) is 5.73 Å². The first kappa shape index (κ1) is 20.7. The largest absolute Gasteiger partial charge is 0.375 e. The van der Waals surface area contributed by atoms with Crippen LogP contribution in [-0.2, 0) is 0 Å². The topological polar surface area (TPSA) is 101 Å². The number of aromatic nitrogens is 2. The molecule has 0 radical (unpaired) electrons. The van der Waals surface area contributed by atoms with Gasteiger partial charge in [0.25, 0.3) is 5.91 Å². The molecule has 1 atom stereocenters. The second kappa shape index (κ2) is 8.68. The second-order valence-corrected chi connectivity index (χ2v) is 7.40. The molecular formula is C22H16F2N4O2S. The van der Waals surface area contributed by atoms with Crippen molar-refractivity contribution >= 4 is 23.1 Å². The van der Waals surface area contributed by atoms with Gasteiger partial charge in [0.15, 0.2) is 0 Å². The number of rotatable bonds is 5. The van der Waals surface area contributed by atoms with Crippen molar-refractivity contribution in [1.82, 2.24) is 9.36 Å². The summed E-state index contributed by atoms with van der Waals surface area (Å²) < 4.78 is 32.3. The van der Waals surface area contributed by atoms with Crippen LogP contribution in [0.3, 0.4) is 0 Å². The molecule has 4 aromatic rings. The number of nitrogens with zero attached hydrogens (tertiary/aromatic N) is 2. The van der Waals surface area contributed by atoms with E-state index in [-0.39, 0.29) is 17.0 Å². The number of nitrogens with two attached hydrogens (primary N) is 1. The molecule has 31 heavy (non-hydrogen) atoms. The Morgan fingerprint density at radius 1 is 1.03 bits per heavy atom. The van der Waals surface area contributed by atoms with Crippen LogP contribution in [0, 0.1) is 11.6 Å². The minimum Gasteiger partial charge on any atom is -0.375 e. The first-order valence-electron chi connectivity index (χ1n) is 9.15. The summed E-state index contributed by atoms with van der Waals surface area (Å²) in [6.45, 7) is 0. The Morgan fingerprint density at radius 3 is 2.39 bits per heavy atom. The monoisotopic (exact) mass is 438 g/mol. The molecule has 0 aliphatic carbocycles. The first-order chi connectivity index (χ1) is 14.9. The molecule has 2 heterocycles. The van der Waals surface area contributed by atoms with Crippen LogP contribution in [0.4, 0.5) is 14.5 Å². The fourth-order valence-corrected chi connectivity index (χ4v) is 3.70. The van der Waals surface area contributed by atoms with E-state index in [1.54, 1.807) is 24.3 Å². The molecule has 6 nitrogen and oxygen atoms in total. The van der Waals surface area contributed by atoms with E-state index in [0.29, 0.717) is 16.1 Å². The lowest BCUT2D eigenvalue weighted by Crippen LogP contribution is -2.14. The zero-order valence-electron chi connectivity index (χ0n) is 15.9. The van der Waals surface area contributed by atoms with Gasteiger partial charge in [-0.3, -0.25) is 4.79 Å². The number of aliphatic hydroxyl groups is 1. The Morgan fingerprint density at radius 2 is 1.71 bits per heavy atom. The Hall–Kier alpha value is -3.53. The molecule has 4 N–H and O–H groups in total. The number of pyridine rings is 1. The van der Waals surface area contributed by atoms with Crippen LogP contribution in [-0.4, -0.2) is 20.4 Å². The Balaban J connectivity index is 1.60. The quantitative estimate of drug-likeness (QED) is 0.402. The highest BCUT2D eigenvalue weighted by atomic mass is 32.1. The summed E-state index contributed by atoms with van der Waals surface area (Å²) in [6, 6.07) is 14.8. The fourth-order valence-electron chi connectivity index (χ4n) is 3.00. The lowest BCUT2D eigenvalue weighted by atomic mass is 10.1. The van der Waals surface area contributed by atoms with E-state index in [4.69, 9.17) is 5.73 Å². The Kier molecular flexibility index (Phi) is 5.81. The molecule has 0 saturated heterocycles. The predicted octanol–water partition coefficient (Wildman–Crippen LogP) is 4.35. The number of hydrogen-bond acceptors (Lipinski definition) is 6. The third-order valence-corrected chi connectivity index (χ3v) is 5.38. The number of carbonyl (C=O) groups is 1. The number of amides is 1. The minimum atomic E-state index is -1.08. The van der Waals surface area contributed by atoms with Gasteiger partial charge in [-0.25, -0.2) is 13.8 Å². The summed E-state index contributed by atoms with van der Waals surface area (Å²) in [6.07, 6.45) is 0.427. The van der Waals surface area contributed by atoms with Crippen molar-refractivity contribution in [3.8, 4) is 21.7 Å². The van der Waals surface area contributed by atoms with Gasteiger partial charge in [0, 0.05) is 0 Å². The van der Waals surface area contributed by atoms with E-state index >= 15 is 0 Å². The molecule has 0 fully saturated rings. The van der Waals surface area contributed by atoms with Gasteiger partial charge in [-0.15, -0.1) is 0 Å². The van der Waals surface area contributed by atoms with Gasteiger partial charge < -0.3 is 16.2 Å². The standard InChI is InChI=1S/C22H16F2N4O2S/c23-14-3-1-4-15(24)19(14)16-5-2-6-17(27-16)22(30)28-18-11-26-31-20(18)12-7-9-13(10-8-12)21(25)29/h1-11,21,29H,25H2,(H,28,30). The van der Waals surface area contributed by atoms with Crippen LogP contribution in [0.1, 0.15) is 22.3 Å². The molecule has 9 heteroatoms. The number of hydrogen-bond donors (Lipinski definition) is 3. The van der Waals surface area contributed by atoms with Crippen molar-refractivity contribution in [1.29, 1.82) is 0 Å². The number of anilines is 1. The number of aliphatic hydroxyl groups excluding tert-OH is 1. The number of benzene rings is 2. The van der Waals surface area contributed by atoms with E-state index in [9.17, 15) is 18.7 Å². The highest BCUT2D eigenvalue weighted by Gasteiger charge is 2.17. The van der Waals surface area contributed by atoms with Gasteiger partial charge in [0.2, 0.25) is 0 Å². The molecule has 0 aliphatic rings. The molecule has 0 saturated carbocycles. The van der Waals surface area contributed by atoms with Crippen LogP contribution >= 0.6 is 11.5 Å². The Bertz CT molecular complexity index is 1220. The molecule has 1 unspecified atom stereocenters. The Labute approximate surface area is 180 Å². The van der Waals surface area contributed by atoms with Gasteiger partial charge in [0.05, 0.1) is 28.0 Å². The third-order valence-electron chi connectivity index (χ3n) is 4.53. The van der Waals surface area contributed by atoms with Crippen LogP contribution in [0.15, 0.2) is 66.9 Å². The van der Waals surface area contributed by atoms with E-state index in [2.05, 4.69) is 14.7 Å². The maximum Gasteiger partial charge on any atom is 0.274 e. The summed E-state index contributed by atoms with van der Waals surface area (Å²) in [5, 5.41) is 12.2. The first-order valence-corrected chi connectivity index (χ1v) is 9.93. The van der Waals surface area contributed by atoms with Gasteiger partial charge >= 0.3 is 0 Å². The van der Waals surface area contributed by atoms with Crippen LogP contribution in [0.2, 0.25) is 0 Å². The normalized spacial score (nSPS) is 11.9. The molecular weight excluding hydrogens is 422 g/mol. The zero-order valence-corrected chi connectivity index (χ0v) is 16.7. The van der Waals surface area contributed by atoms with Crippen LogP contribution < -0.4 is 11.1 Å². The van der Waals surface area contributed by atoms with Crippen LogP contribution in [0.25, 0.3) is 21.7 Å². The summed E-state index contributed by atoms with van der Waals surface area (Å²) >= 11 is 1.18. The zero-order chi connectivity index (χ0) is 22.0. The lowest BCUT2D eigenvalue weighted by molar-refractivity contribution is 0.102. The third kappa shape index (κ3) is 4.33. The summed E-state index contributed by atoms with van der Waals surface area (Å²) in [5.41, 5.74) is 6.96. The predicted molar refractivity (Wildman–Crippen MR) is 114 cm³/mol. The fraction of sp³-hybridized carbons (Fsp3) is 0.0455. The van der Waals surface area contributed by atoms with Crippen LogP contribution in [0.5, 0.6) is 0 Å². The summed E-state index contributed by atoms with van der Waals surface area (Å²) in [7, 11) is 0. The lowest BCUT2D eigenvalue weighted by Gasteiger charge is -2.09. The molecule has 2 aromatic carbocycles. The van der Waals surface area contributed by atoms with Gasteiger partial charge in [0.1, 0.15) is 23.6 Å². The highest BCUT2D eigenvalue weighted by molar-refractivity contribution is 7.10. The molecule has 0 spiro atoms. The van der Waals surface area contributed by atoms with Crippen molar-refractivity contribution in [3.63, 3.8) is 0 Å². The van der Waals surface area contributed by atoms with E-state index in [0.717, 1.165) is 17.7 Å². The van der Waals surface area contributed by atoms with E-state index in [1.165, 1.54) is 42.0 Å². The van der Waals surface area contributed by atoms with Gasteiger partial charge in [-0.1, -0.05) is 36.4 Å². The van der Waals surface area contributed by atoms with E-state index in [1.807, 2.05) is 0 Å². The molecule has 4 rings (SSSR count). The SMILES string of the molecule is NC(O)c1ccc(-c2sncc2NC(=O)c2cccc(-c3c(F)cccc3F)n2)cc1. The number of halogens is 2. The minimum absolute atomic E-state index is 0.00101. The van der Waals surface area contributed by atoms with Gasteiger partial charge in [-0.2, -0.15) is 4.37 Å². The van der Waals surface area contributed by atoms with Gasteiger partial charge in [-0.05, 0) is 46.9 Å². The summed E-state index contributed by atoms with van der Waals surface area (Å²) in [5.74, 6) is -2.07. The molecule has 2 aromatic heterocycles. The van der Waals surface area contributed by atoms with Crippen molar-refractivity contribution in [2.45, 2.75) is 6.23 Å². The molecule has 156 valence electrons. The second-order valence-electron chi connectivity index (χ2n) is 6.59. The highest BCUT2D eigenvalue weighted by Crippen LogP contribution is 2.32. The number of carbonyl (C=O) groups excluding carboxylic acids is 1. The average Bonchev–Trinajstić information content (AvgIpc) is 3.22. The summed E-state index contributed by atoms with van der Waals surface area (Å²) in [4.78, 5) is 17.6. The van der Waals surface area contributed by atoms with E-state index < -0.39 is 23.8 Å². The van der Waals surface area contributed by atoms with Crippen molar-refractivity contribution in [2.75, 3.05) is 5.32 Å². The average molecular weight is 438 g/mol.